The van der Waals surface area contributed by atoms with Crippen molar-refractivity contribution in [3.63, 3.8) is 0 Å². The first kappa shape index (κ1) is 26.0. The molecule has 1 unspecified atom stereocenters. The molecular weight excluding hydrogens is 528 g/mol. The van der Waals surface area contributed by atoms with Gasteiger partial charge in [0.05, 0.1) is 30.4 Å². The normalized spacial score (nSPS) is 27.3. The maximum Gasteiger partial charge on any atom is 0.415 e. The summed E-state index contributed by atoms with van der Waals surface area (Å²) in [7, 11) is -1.94. The van der Waals surface area contributed by atoms with Gasteiger partial charge in [0.2, 0.25) is 5.91 Å². The number of carbonyl (C=O) groups is 3. The summed E-state index contributed by atoms with van der Waals surface area (Å²) in [6, 6.07) is 5.62. The number of carbonyl (C=O) groups excluding carboxylic acids is 3. The number of amides is 2. The van der Waals surface area contributed by atoms with Gasteiger partial charge >= 0.3 is 12.1 Å². The van der Waals surface area contributed by atoms with Crippen LogP contribution in [-0.2, 0) is 33.0 Å². The molecule has 2 aliphatic rings. The van der Waals surface area contributed by atoms with Gasteiger partial charge < -0.3 is 14.8 Å². The number of likely N-dealkylation sites (tertiary alicyclic amines) is 1. The van der Waals surface area contributed by atoms with Crippen LogP contribution < -0.4 is 5.32 Å². The third-order valence-corrected chi connectivity index (χ3v) is 7.82. The average Bonchev–Trinajstić information content (AvgIpc) is 3.32. The van der Waals surface area contributed by atoms with E-state index in [0.717, 1.165) is 4.47 Å². The van der Waals surface area contributed by atoms with Crippen LogP contribution in [0.3, 0.4) is 0 Å². The topological polar surface area (TPSA) is 111 Å². The van der Waals surface area contributed by atoms with E-state index in [1.165, 1.54) is 18.9 Å². The van der Waals surface area contributed by atoms with E-state index >= 15 is 0 Å². The number of esters is 1. The summed E-state index contributed by atoms with van der Waals surface area (Å²) in [5, 5.41) is 2.72. The second-order valence-corrected chi connectivity index (χ2v) is 11.1. The van der Waals surface area contributed by atoms with Crippen molar-refractivity contribution in [2.75, 3.05) is 13.7 Å². The van der Waals surface area contributed by atoms with E-state index in [4.69, 9.17) is 13.7 Å². The van der Waals surface area contributed by atoms with Crippen molar-refractivity contribution >= 4 is 49.6 Å². The van der Waals surface area contributed by atoms with Crippen molar-refractivity contribution in [2.45, 2.75) is 42.3 Å². The zero-order chi connectivity index (χ0) is 25.3. The summed E-state index contributed by atoms with van der Waals surface area (Å²) in [4.78, 5) is 39.8. The van der Waals surface area contributed by atoms with Crippen LogP contribution >= 0.6 is 15.9 Å². The molecule has 1 N–H and O–H groups in total. The van der Waals surface area contributed by atoms with Gasteiger partial charge in [0.15, 0.2) is 0 Å². The molecule has 1 aliphatic heterocycles. The zero-order valence-corrected chi connectivity index (χ0v) is 21.4. The van der Waals surface area contributed by atoms with Gasteiger partial charge in [-0.3, -0.25) is 13.9 Å². The maximum atomic E-state index is 13.2. The number of methoxy groups -OCH3 is 1. The van der Waals surface area contributed by atoms with Crippen molar-refractivity contribution in [3.05, 3.63) is 53.7 Å². The molecule has 1 aromatic rings. The summed E-state index contributed by atoms with van der Waals surface area (Å²) >= 11 is 3.32. The molecule has 5 atom stereocenters. The van der Waals surface area contributed by atoms with Crippen LogP contribution in [0.15, 0.2) is 58.6 Å². The van der Waals surface area contributed by atoms with Crippen LogP contribution in [0.1, 0.15) is 19.8 Å². The fourth-order valence-electron chi connectivity index (χ4n) is 3.93. The number of hydrogen-bond donors (Lipinski definition) is 1. The summed E-state index contributed by atoms with van der Waals surface area (Å²) in [6.45, 7) is 8.67. The molecule has 1 aliphatic carbocycles. The number of allylic oxidation sites excluding steroid dienone is 1. The molecule has 0 radical (unpaired) electrons. The van der Waals surface area contributed by atoms with Gasteiger partial charge in [-0.2, -0.15) is 0 Å². The quantitative estimate of drug-likeness (QED) is 0.227. The molecule has 0 bridgehead atoms. The molecule has 2 fully saturated rings. The lowest BCUT2D eigenvalue weighted by molar-refractivity contribution is -0.147. The lowest BCUT2D eigenvalue weighted by Crippen LogP contribution is -2.53. The highest BCUT2D eigenvalue weighted by molar-refractivity contribution is 9.10. The third kappa shape index (κ3) is 5.37. The minimum absolute atomic E-state index is 0.0240. The molecule has 2 amide bonds. The molecule has 1 aromatic carbocycles. The Labute approximate surface area is 207 Å². The smallest absolute Gasteiger partial charge is 0.415 e. The fraction of sp³-hybridized carbons (Fsp3) is 0.391. The zero-order valence-electron chi connectivity index (χ0n) is 19.0. The van der Waals surface area contributed by atoms with Crippen LogP contribution in [0.2, 0.25) is 0 Å². The van der Waals surface area contributed by atoms with Crippen LogP contribution in [0, 0.1) is 5.92 Å². The van der Waals surface area contributed by atoms with Gasteiger partial charge in [0, 0.05) is 16.8 Å². The van der Waals surface area contributed by atoms with E-state index in [2.05, 4.69) is 40.3 Å². The van der Waals surface area contributed by atoms with Crippen molar-refractivity contribution in [1.82, 2.24) is 10.2 Å². The first-order valence-electron chi connectivity index (χ1n) is 10.4. The van der Waals surface area contributed by atoms with Gasteiger partial charge in [-0.1, -0.05) is 28.6 Å². The monoisotopic (exact) mass is 554 g/mol. The van der Waals surface area contributed by atoms with Crippen LogP contribution in [0.4, 0.5) is 4.79 Å². The highest BCUT2D eigenvalue weighted by Gasteiger charge is 2.62. The number of nitrogens with zero attached hydrogens (tertiary/aromatic N) is 1. The molecule has 1 saturated carbocycles. The molecule has 3 rings (SSSR count). The van der Waals surface area contributed by atoms with E-state index in [1.54, 1.807) is 30.3 Å². The Bertz CT molecular complexity index is 1120. The highest BCUT2D eigenvalue weighted by Crippen LogP contribution is 2.45. The van der Waals surface area contributed by atoms with Crippen molar-refractivity contribution in [1.29, 1.82) is 0 Å². The van der Waals surface area contributed by atoms with E-state index < -0.39 is 45.5 Å². The van der Waals surface area contributed by atoms with Crippen molar-refractivity contribution in [2.24, 2.45) is 5.92 Å². The minimum Gasteiger partial charge on any atom is -0.467 e. The second-order valence-electron chi connectivity index (χ2n) is 8.26. The van der Waals surface area contributed by atoms with Crippen LogP contribution in [0.25, 0.3) is 0 Å². The number of ether oxygens (including phenoxy) is 2. The fourth-order valence-corrected chi connectivity index (χ4v) is 5.43. The summed E-state index contributed by atoms with van der Waals surface area (Å²) in [6.07, 6.45) is 0.359. The standard InChI is InChI=1S/C23H27BrN2O7S/c1-6-15-12-23(15,21(28)31-4)25-20(27)19-11-17(13-26(19)22(29)32-14(2)3)33-34(5,30)18-9-7-16(24)8-10-18/h6-10,15,17,19H,1-2,5,11-13H2,3-4H3,(H,25,27)/t15-,17+,19+,23-,34?/m1/s1. The SMILES string of the molecule is C=C[C@@H]1C[C@]1(NC(=O)[C@@H]1C[C@H](OS(=C)(=O)c2ccc(Br)cc2)CN1C(=O)OC(=C)C)C(=O)OC. The Balaban J connectivity index is 1.81. The second kappa shape index (κ2) is 9.93. The number of rotatable bonds is 8. The average molecular weight is 555 g/mol. The Morgan fingerprint density at radius 3 is 2.47 bits per heavy atom. The molecule has 11 heteroatoms. The number of nitrogens with one attached hydrogen (secondary N) is 1. The molecule has 34 heavy (non-hydrogen) atoms. The Kier molecular flexibility index (Phi) is 7.59. The lowest BCUT2D eigenvalue weighted by Gasteiger charge is -2.25. The Morgan fingerprint density at radius 1 is 1.29 bits per heavy atom. The molecule has 9 nitrogen and oxygen atoms in total. The predicted molar refractivity (Wildman–Crippen MR) is 130 cm³/mol. The number of benzene rings is 1. The van der Waals surface area contributed by atoms with E-state index in [9.17, 15) is 18.6 Å². The van der Waals surface area contributed by atoms with Gasteiger partial charge in [0.1, 0.15) is 21.4 Å². The summed E-state index contributed by atoms with van der Waals surface area (Å²) in [5.41, 5.74) is -1.23. The summed E-state index contributed by atoms with van der Waals surface area (Å²) < 4.78 is 29.7. The summed E-state index contributed by atoms with van der Waals surface area (Å²) in [5.74, 6) is 2.39. The molecule has 1 saturated heterocycles. The molecular formula is C23H27BrN2O7S. The Morgan fingerprint density at radius 2 is 1.94 bits per heavy atom. The minimum atomic E-state index is -3.17. The van der Waals surface area contributed by atoms with Crippen LogP contribution in [-0.4, -0.2) is 64.3 Å². The van der Waals surface area contributed by atoms with E-state index in [0.29, 0.717) is 11.3 Å². The predicted octanol–water partition coefficient (Wildman–Crippen LogP) is 2.80. The third-order valence-electron chi connectivity index (χ3n) is 5.72. The van der Waals surface area contributed by atoms with E-state index in [-0.39, 0.29) is 24.6 Å². The first-order chi connectivity index (χ1) is 15.9. The maximum absolute atomic E-state index is 13.2. The van der Waals surface area contributed by atoms with Gasteiger partial charge in [-0.15, -0.1) is 6.58 Å². The molecule has 0 spiro atoms. The van der Waals surface area contributed by atoms with Gasteiger partial charge in [-0.25, -0.2) is 13.8 Å². The molecule has 0 aromatic heterocycles. The largest absolute Gasteiger partial charge is 0.467 e. The molecule has 184 valence electrons. The highest BCUT2D eigenvalue weighted by atomic mass is 79.9. The van der Waals surface area contributed by atoms with Crippen molar-refractivity contribution in [3.8, 4) is 0 Å². The van der Waals surface area contributed by atoms with Gasteiger partial charge in [-0.05, 0) is 43.5 Å². The van der Waals surface area contributed by atoms with E-state index in [1.807, 2.05) is 0 Å². The van der Waals surface area contributed by atoms with Crippen molar-refractivity contribution < 1.29 is 32.2 Å². The Hall–Kier alpha value is -2.63. The number of halogens is 1. The lowest BCUT2D eigenvalue weighted by atomic mass is 10.1. The van der Waals surface area contributed by atoms with Gasteiger partial charge in [0.25, 0.3) is 0 Å². The van der Waals surface area contributed by atoms with Crippen LogP contribution in [0.5, 0.6) is 0 Å². The first-order valence-corrected chi connectivity index (χ1v) is 12.9. The number of hydrogen-bond acceptors (Lipinski definition) is 7. The molecule has 1 heterocycles.